The van der Waals surface area contributed by atoms with Crippen molar-refractivity contribution in [3.8, 4) is 0 Å². The highest BCUT2D eigenvalue weighted by Crippen LogP contribution is 2.05. The average molecular weight is 343 g/mol. The monoisotopic (exact) mass is 343 g/mol. The van der Waals surface area contributed by atoms with Crippen LogP contribution in [0.2, 0.25) is 0 Å². The van der Waals surface area contributed by atoms with Crippen LogP contribution in [0.5, 0.6) is 0 Å². The first-order valence-electron chi connectivity index (χ1n) is 7.98. The summed E-state index contributed by atoms with van der Waals surface area (Å²) in [5.74, 6) is -0.989. The van der Waals surface area contributed by atoms with Crippen molar-refractivity contribution in [2.24, 2.45) is 0 Å². The van der Waals surface area contributed by atoms with E-state index in [9.17, 15) is 9.59 Å². The largest absolute Gasteiger partial charge is 0.480 e. The van der Waals surface area contributed by atoms with Crippen LogP contribution in [0.3, 0.4) is 0 Å². The summed E-state index contributed by atoms with van der Waals surface area (Å²) < 4.78 is 1.15. The van der Waals surface area contributed by atoms with Crippen molar-refractivity contribution in [1.82, 2.24) is 9.55 Å². The maximum Gasteiger partial charge on any atom is 0.323 e. The first-order chi connectivity index (χ1) is 12.1. The van der Waals surface area contributed by atoms with Crippen LogP contribution in [0.4, 0.5) is 5.82 Å². The van der Waals surface area contributed by atoms with Crippen molar-refractivity contribution in [1.29, 1.82) is 0 Å². The molecule has 1 aromatic heterocycles. The molecule has 25 heavy (non-hydrogen) atoms. The number of carboxylic acids is 1. The summed E-state index contributed by atoms with van der Waals surface area (Å²) in [5.41, 5.74) is 1.03. The van der Waals surface area contributed by atoms with Gasteiger partial charge in [-0.25, -0.2) is 4.98 Å². The molecule has 132 valence electrons. The van der Waals surface area contributed by atoms with Crippen LogP contribution >= 0.6 is 0 Å². The lowest BCUT2D eigenvalue weighted by molar-refractivity contribution is -0.137. The van der Waals surface area contributed by atoms with Crippen LogP contribution in [0.15, 0.2) is 47.4 Å². The molecule has 0 aliphatic carbocycles. The van der Waals surface area contributed by atoms with Gasteiger partial charge in [0.15, 0.2) is 5.82 Å². The van der Waals surface area contributed by atoms with E-state index < -0.39 is 18.1 Å². The van der Waals surface area contributed by atoms with Gasteiger partial charge in [-0.1, -0.05) is 36.4 Å². The Morgan fingerprint density at radius 3 is 2.72 bits per heavy atom. The molecule has 3 N–H and O–H groups in total. The Hall–Kier alpha value is -2.93. The van der Waals surface area contributed by atoms with Gasteiger partial charge in [0, 0.05) is 13.2 Å². The van der Waals surface area contributed by atoms with Crippen molar-refractivity contribution in [3.63, 3.8) is 0 Å². The fourth-order valence-electron chi connectivity index (χ4n) is 2.30. The summed E-state index contributed by atoms with van der Waals surface area (Å²) >= 11 is 0. The van der Waals surface area contributed by atoms with E-state index in [4.69, 9.17) is 10.2 Å². The van der Waals surface area contributed by atoms with Crippen molar-refractivity contribution in [3.05, 3.63) is 64.2 Å². The van der Waals surface area contributed by atoms with Gasteiger partial charge in [-0.05, 0) is 24.5 Å². The molecular weight excluding hydrogens is 322 g/mol. The van der Waals surface area contributed by atoms with Gasteiger partial charge in [-0.15, -0.1) is 0 Å². The summed E-state index contributed by atoms with van der Waals surface area (Å²) in [4.78, 5) is 27.6. The third kappa shape index (κ3) is 5.58. The smallest absolute Gasteiger partial charge is 0.323 e. The lowest BCUT2D eigenvalue weighted by Gasteiger charge is -2.11. The number of aromatic nitrogens is 2. The summed E-state index contributed by atoms with van der Waals surface area (Å²) in [7, 11) is 0. The second-order valence-corrected chi connectivity index (χ2v) is 5.39. The first-order valence-corrected chi connectivity index (χ1v) is 7.98. The third-order valence-electron chi connectivity index (χ3n) is 3.51. The Labute approximate surface area is 145 Å². The highest BCUT2D eigenvalue weighted by Gasteiger charge is 2.11. The van der Waals surface area contributed by atoms with Gasteiger partial charge >= 0.3 is 5.97 Å². The molecule has 0 saturated carbocycles. The maximum absolute atomic E-state index is 12.5. The number of anilines is 1. The normalized spacial score (nSPS) is 10.9. The van der Waals surface area contributed by atoms with Gasteiger partial charge in [-0.3, -0.25) is 14.2 Å². The van der Waals surface area contributed by atoms with Crippen molar-refractivity contribution in [2.45, 2.75) is 19.4 Å². The Bertz CT molecular complexity index is 785. The van der Waals surface area contributed by atoms with Gasteiger partial charge in [0.05, 0.1) is 11.9 Å². The molecule has 0 amide bonds. The molecule has 2 aromatic rings. The molecule has 0 aliphatic rings. The zero-order valence-electron chi connectivity index (χ0n) is 13.8. The molecule has 0 radical (unpaired) electrons. The molecule has 2 rings (SSSR count). The molecule has 0 aliphatic heterocycles. The Morgan fingerprint density at radius 1 is 1.28 bits per heavy atom. The van der Waals surface area contributed by atoms with E-state index >= 15 is 0 Å². The minimum atomic E-state index is -1.11. The predicted molar refractivity (Wildman–Crippen MR) is 95.5 cm³/mol. The average Bonchev–Trinajstić information content (AvgIpc) is 2.60. The van der Waals surface area contributed by atoms with E-state index in [0.29, 0.717) is 18.7 Å². The fourth-order valence-corrected chi connectivity index (χ4v) is 2.30. The fraction of sp³-hybridized carbons (Fsp3) is 0.278. The topological polar surface area (TPSA) is 104 Å². The number of hydrogen-bond acceptors (Lipinski definition) is 5. The quantitative estimate of drug-likeness (QED) is 0.635. The minimum absolute atomic E-state index is 0.0216. The SMILES string of the molecule is O=C(O)Cn1c(/C=C/CCO)cnc(NCCc2ccccc2)c1=O. The molecule has 0 spiro atoms. The van der Waals surface area contributed by atoms with Crippen LogP contribution in [0, 0.1) is 0 Å². The number of aliphatic hydroxyl groups excluding tert-OH is 1. The molecular formula is C18H21N3O4. The van der Waals surface area contributed by atoms with Crippen LogP contribution in [0.25, 0.3) is 6.08 Å². The molecule has 0 bridgehead atoms. The lowest BCUT2D eigenvalue weighted by atomic mass is 10.1. The van der Waals surface area contributed by atoms with Crippen LogP contribution in [-0.2, 0) is 17.8 Å². The van der Waals surface area contributed by atoms with Gasteiger partial charge in [0.2, 0.25) is 0 Å². The van der Waals surface area contributed by atoms with E-state index in [1.807, 2.05) is 30.3 Å². The standard InChI is InChI=1S/C18H21N3O4/c22-11-5-4-8-15-12-20-17(18(25)21(15)13-16(23)24)19-10-9-14-6-2-1-3-7-14/h1-4,6-8,12,22H,5,9-11,13H2,(H,19,20)(H,23,24)/b8-4+. The molecule has 0 fully saturated rings. The zero-order chi connectivity index (χ0) is 18.1. The summed E-state index contributed by atoms with van der Waals surface area (Å²) in [6.45, 7) is 0.0404. The number of benzene rings is 1. The van der Waals surface area contributed by atoms with Gasteiger partial charge in [0.1, 0.15) is 6.54 Å². The first kappa shape index (κ1) is 18.4. The molecule has 0 unspecified atom stereocenters. The van der Waals surface area contributed by atoms with Gasteiger partial charge in [0.25, 0.3) is 5.56 Å². The molecule has 1 heterocycles. The van der Waals surface area contributed by atoms with Crippen LogP contribution in [0.1, 0.15) is 17.7 Å². The zero-order valence-corrected chi connectivity index (χ0v) is 13.8. The minimum Gasteiger partial charge on any atom is -0.480 e. The number of aliphatic hydroxyl groups is 1. The molecule has 1 aromatic carbocycles. The highest BCUT2D eigenvalue weighted by atomic mass is 16.4. The van der Waals surface area contributed by atoms with Crippen molar-refractivity contribution in [2.75, 3.05) is 18.5 Å². The number of aliphatic carboxylic acids is 1. The number of carbonyl (C=O) groups is 1. The van der Waals surface area contributed by atoms with Crippen molar-refractivity contribution < 1.29 is 15.0 Å². The van der Waals surface area contributed by atoms with E-state index in [1.54, 1.807) is 12.2 Å². The van der Waals surface area contributed by atoms with E-state index in [2.05, 4.69) is 10.3 Å². The second-order valence-electron chi connectivity index (χ2n) is 5.39. The number of hydrogen-bond donors (Lipinski definition) is 3. The summed E-state index contributed by atoms with van der Waals surface area (Å²) in [6, 6.07) is 9.81. The number of nitrogens with zero attached hydrogens (tertiary/aromatic N) is 2. The van der Waals surface area contributed by atoms with Gasteiger partial charge in [-0.2, -0.15) is 0 Å². The molecule has 7 heteroatoms. The summed E-state index contributed by atoms with van der Waals surface area (Å²) in [6.07, 6.45) is 5.83. The van der Waals surface area contributed by atoms with Crippen LogP contribution < -0.4 is 10.9 Å². The Balaban J connectivity index is 2.15. The second kappa shape index (κ2) is 9.39. The van der Waals surface area contributed by atoms with E-state index in [1.165, 1.54) is 6.20 Å². The van der Waals surface area contributed by atoms with E-state index in [0.717, 1.165) is 16.6 Å². The number of carboxylic acid groups (broad SMARTS) is 1. The van der Waals surface area contributed by atoms with E-state index in [-0.39, 0.29) is 12.4 Å². The number of rotatable bonds is 9. The highest BCUT2D eigenvalue weighted by molar-refractivity contribution is 5.67. The maximum atomic E-state index is 12.5. The Kier molecular flexibility index (Phi) is 6.91. The van der Waals surface area contributed by atoms with Crippen LogP contribution in [-0.4, -0.2) is 38.9 Å². The lowest BCUT2D eigenvalue weighted by Crippen LogP contribution is -2.29. The summed E-state index contributed by atoms with van der Waals surface area (Å²) in [5, 5.41) is 20.8. The molecule has 7 nitrogen and oxygen atoms in total. The number of nitrogens with one attached hydrogen (secondary N) is 1. The van der Waals surface area contributed by atoms with Gasteiger partial charge < -0.3 is 15.5 Å². The Morgan fingerprint density at radius 2 is 2.04 bits per heavy atom. The molecule has 0 atom stereocenters. The predicted octanol–water partition coefficient (Wildman–Crippen LogP) is 1.38. The third-order valence-corrected chi connectivity index (χ3v) is 3.51. The molecule has 0 saturated heterocycles. The van der Waals surface area contributed by atoms with Crippen molar-refractivity contribution >= 4 is 17.9 Å².